The summed E-state index contributed by atoms with van der Waals surface area (Å²) in [6, 6.07) is 0. The zero-order valence-corrected chi connectivity index (χ0v) is 38.2. The summed E-state index contributed by atoms with van der Waals surface area (Å²) in [6.45, 7) is 6.23. The second-order valence-corrected chi connectivity index (χ2v) is 14.9. The lowest BCUT2D eigenvalue weighted by Gasteiger charge is -2.18. The maximum absolute atomic E-state index is 12.7. The fourth-order valence-corrected chi connectivity index (χ4v) is 5.77. The van der Waals surface area contributed by atoms with Crippen LogP contribution in [0.4, 0.5) is 0 Å². The molecule has 336 valence electrons. The van der Waals surface area contributed by atoms with Crippen LogP contribution in [-0.4, -0.2) is 37.2 Å². The molecule has 0 aliphatic rings. The molecule has 0 aliphatic heterocycles. The van der Waals surface area contributed by atoms with Crippen molar-refractivity contribution in [3.05, 3.63) is 122 Å². The predicted molar refractivity (Wildman–Crippen MR) is 256 cm³/mol. The molecule has 0 aromatic heterocycles. The van der Waals surface area contributed by atoms with Crippen LogP contribution < -0.4 is 0 Å². The molecule has 0 aromatic carbocycles. The van der Waals surface area contributed by atoms with Gasteiger partial charge in [-0.15, -0.1) is 0 Å². The third kappa shape index (κ3) is 44.9. The van der Waals surface area contributed by atoms with Crippen LogP contribution >= 0.6 is 0 Å². The van der Waals surface area contributed by atoms with Crippen molar-refractivity contribution in [3.8, 4) is 0 Å². The minimum atomic E-state index is -0.846. The molecule has 0 spiro atoms. The van der Waals surface area contributed by atoms with Gasteiger partial charge in [0.15, 0.2) is 6.10 Å². The number of rotatable bonds is 40. The van der Waals surface area contributed by atoms with E-state index in [2.05, 4.69) is 118 Å². The number of hydrogen-bond donors (Lipinski definition) is 0. The van der Waals surface area contributed by atoms with E-state index in [0.29, 0.717) is 19.3 Å². The fraction of sp³-hybridized carbons (Fsp3) is 0.574. The van der Waals surface area contributed by atoms with Gasteiger partial charge in [-0.25, -0.2) is 0 Å². The van der Waals surface area contributed by atoms with Gasteiger partial charge in [0.05, 0.1) is 0 Å². The number of unbranched alkanes of at least 4 members (excludes halogenated alkanes) is 9. The minimum Gasteiger partial charge on any atom is -0.462 e. The van der Waals surface area contributed by atoms with Gasteiger partial charge in [0.2, 0.25) is 0 Å². The predicted octanol–water partition coefficient (Wildman–Crippen LogP) is 15.4. The van der Waals surface area contributed by atoms with Crippen LogP contribution in [0.5, 0.6) is 0 Å². The molecule has 0 bridgehead atoms. The van der Waals surface area contributed by atoms with Gasteiger partial charge in [-0.2, -0.15) is 0 Å². The Hall–Kier alpha value is -4.19. The first-order valence-electron chi connectivity index (χ1n) is 23.5. The van der Waals surface area contributed by atoms with Crippen LogP contribution in [0.3, 0.4) is 0 Å². The number of carbonyl (C=O) groups is 3. The normalized spacial score (nSPS) is 13.2. The Morgan fingerprint density at radius 2 is 0.650 bits per heavy atom. The van der Waals surface area contributed by atoms with E-state index in [-0.39, 0.29) is 38.0 Å². The van der Waals surface area contributed by atoms with Gasteiger partial charge in [0.1, 0.15) is 13.2 Å². The first-order chi connectivity index (χ1) is 29.5. The molecule has 0 aliphatic carbocycles. The summed E-state index contributed by atoms with van der Waals surface area (Å²) in [5, 5.41) is 0. The number of carbonyl (C=O) groups excluding carboxylic acids is 3. The van der Waals surface area contributed by atoms with Gasteiger partial charge >= 0.3 is 17.9 Å². The Kier molecular flexibility index (Phi) is 44.2. The zero-order chi connectivity index (χ0) is 43.7. The highest BCUT2D eigenvalue weighted by molar-refractivity contribution is 5.71. The van der Waals surface area contributed by atoms with Crippen molar-refractivity contribution in [3.63, 3.8) is 0 Å². The molecule has 0 N–H and O–H groups in total. The highest BCUT2D eigenvalue weighted by atomic mass is 16.6. The molecule has 60 heavy (non-hydrogen) atoms. The summed E-state index contributed by atoms with van der Waals surface area (Å²) in [5.41, 5.74) is 0. The Labute approximate surface area is 367 Å². The molecule has 0 heterocycles. The average molecular weight is 829 g/mol. The van der Waals surface area contributed by atoms with Crippen molar-refractivity contribution < 1.29 is 28.6 Å². The van der Waals surface area contributed by atoms with E-state index in [9.17, 15) is 14.4 Å². The minimum absolute atomic E-state index is 0.132. The van der Waals surface area contributed by atoms with E-state index in [4.69, 9.17) is 14.2 Å². The molecule has 0 rings (SSSR count). The van der Waals surface area contributed by atoms with Crippen LogP contribution in [-0.2, 0) is 28.6 Å². The third-order valence-corrected chi connectivity index (χ3v) is 9.24. The Morgan fingerprint density at radius 3 is 1.02 bits per heavy atom. The van der Waals surface area contributed by atoms with E-state index >= 15 is 0 Å². The quantitative estimate of drug-likeness (QED) is 0.0265. The largest absolute Gasteiger partial charge is 0.462 e. The van der Waals surface area contributed by atoms with Crippen molar-refractivity contribution in [1.29, 1.82) is 0 Å². The lowest BCUT2D eigenvalue weighted by atomic mass is 10.1. The molecule has 6 heteroatoms. The topological polar surface area (TPSA) is 78.9 Å². The lowest BCUT2D eigenvalue weighted by molar-refractivity contribution is -0.166. The van der Waals surface area contributed by atoms with Gasteiger partial charge < -0.3 is 14.2 Å². The SMILES string of the molecule is CC/C=C\C/C=C\C/C=C\C/C=C\C/C=C\C/C=C\CCC(=O)OCC(COC(=O)CCCCCCCCCCCC)OC(=O)CC/C=C\C/C=C\C/C=C\C/C=C\CC. The summed E-state index contributed by atoms with van der Waals surface area (Å²) in [5.74, 6) is -1.12. The number of esters is 3. The van der Waals surface area contributed by atoms with Crippen LogP contribution in [0.15, 0.2) is 122 Å². The maximum Gasteiger partial charge on any atom is 0.306 e. The molecule has 6 nitrogen and oxygen atoms in total. The van der Waals surface area contributed by atoms with Crippen molar-refractivity contribution in [2.75, 3.05) is 13.2 Å². The molecule has 0 aromatic rings. The molecular formula is C54H84O6. The van der Waals surface area contributed by atoms with E-state index in [0.717, 1.165) is 83.5 Å². The molecule has 1 unspecified atom stereocenters. The van der Waals surface area contributed by atoms with Gasteiger partial charge in [0.25, 0.3) is 0 Å². The van der Waals surface area contributed by atoms with E-state index < -0.39 is 12.1 Å². The van der Waals surface area contributed by atoms with Gasteiger partial charge in [-0.3, -0.25) is 14.4 Å². The number of ether oxygens (including phenoxy) is 3. The van der Waals surface area contributed by atoms with E-state index in [1.807, 2.05) is 24.3 Å². The van der Waals surface area contributed by atoms with Crippen molar-refractivity contribution in [2.24, 2.45) is 0 Å². The third-order valence-electron chi connectivity index (χ3n) is 9.24. The first kappa shape index (κ1) is 55.8. The summed E-state index contributed by atoms with van der Waals surface area (Å²) in [6.07, 6.45) is 64.9. The van der Waals surface area contributed by atoms with Crippen LogP contribution in [0.2, 0.25) is 0 Å². The molecule has 0 saturated heterocycles. The molecular weight excluding hydrogens is 745 g/mol. The first-order valence-corrected chi connectivity index (χ1v) is 23.5. The van der Waals surface area contributed by atoms with Gasteiger partial charge in [-0.05, 0) is 83.5 Å². The molecule has 1 atom stereocenters. The Bertz CT molecular complexity index is 1320. The molecule has 0 radical (unpaired) electrons. The van der Waals surface area contributed by atoms with E-state index in [1.54, 1.807) is 0 Å². The van der Waals surface area contributed by atoms with Gasteiger partial charge in [0, 0.05) is 19.3 Å². The highest BCUT2D eigenvalue weighted by Crippen LogP contribution is 2.12. The summed E-state index contributed by atoms with van der Waals surface area (Å²) in [4.78, 5) is 37.7. The fourth-order valence-electron chi connectivity index (χ4n) is 5.77. The average Bonchev–Trinajstić information content (AvgIpc) is 3.24. The Balaban J connectivity index is 4.59. The van der Waals surface area contributed by atoms with Crippen LogP contribution in [0, 0.1) is 0 Å². The van der Waals surface area contributed by atoms with Crippen molar-refractivity contribution >= 4 is 17.9 Å². The Morgan fingerprint density at radius 1 is 0.350 bits per heavy atom. The standard InChI is InChI=1S/C54H84O6/c1-4-7-10-13-16-19-22-24-25-26-27-28-29-31-32-35-38-41-44-47-53(56)59-50-51(49-58-52(55)46-43-40-37-34-21-18-15-12-9-6-3)60-54(57)48-45-42-39-36-33-30-23-20-17-14-11-8-5-2/h7-8,10-11,16-17,19-20,24-25,27-28,30-33,38-39,41-42,51H,4-6,9,12-15,18,21-23,26,29,34-37,40,43-50H2,1-3H3/b10-7-,11-8-,19-16-,20-17-,25-24-,28-27-,32-31-,33-30-,41-38-,42-39-. The second-order valence-electron chi connectivity index (χ2n) is 14.9. The number of allylic oxidation sites excluding steroid dienone is 20. The summed E-state index contributed by atoms with van der Waals surface area (Å²) < 4.78 is 16.6. The monoisotopic (exact) mass is 829 g/mol. The van der Waals surface area contributed by atoms with Crippen molar-refractivity contribution in [1.82, 2.24) is 0 Å². The molecule has 0 saturated carbocycles. The molecule has 0 amide bonds. The smallest absolute Gasteiger partial charge is 0.306 e. The molecule has 0 fully saturated rings. The lowest BCUT2D eigenvalue weighted by Crippen LogP contribution is -2.30. The zero-order valence-electron chi connectivity index (χ0n) is 38.2. The van der Waals surface area contributed by atoms with Crippen LogP contribution in [0.25, 0.3) is 0 Å². The highest BCUT2D eigenvalue weighted by Gasteiger charge is 2.19. The maximum atomic E-state index is 12.7. The van der Waals surface area contributed by atoms with Crippen LogP contribution in [0.1, 0.15) is 181 Å². The second kappa shape index (κ2) is 47.5. The summed E-state index contributed by atoms with van der Waals surface area (Å²) in [7, 11) is 0. The summed E-state index contributed by atoms with van der Waals surface area (Å²) >= 11 is 0. The van der Waals surface area contributed by atoms with E-state index in [1.165, 1.54) is 44.9 Å². The number of hydrogen-bond acceptors (Lipinski definition) is 6. The van der Waals surface area contributed by atoms with Crippen molar-refractivity contribution in [2.45, 2.75) is 187 Å². The van der Waals surface area contributed by atoms with Gasteiger partial charge in [-0.1, -0.05) is 200 Å².